The van der Waals surface area contributed by atoms with E-state index in [-0.39, 0.29) is 17.2 Å². The Hall–Kier alpha value is -1.95. The number of carboxylic acids is 1. The van der Waals surface area contributed by atoms with Crippen molar-refractivity contribution in [2.45, 2.75) is 25.7 Å². The van der Waals surface area contributed by atoms with Crippen molar-refractivity contribution < 1.29 is 23.8 Å². The highest BCUT2D eigenvalue weighted by molar-refractivity contribution is 5.92. The van der Waals surface area contributed by atoms with E-state index in [2.05, 4.69) is 5.32 Å². The van der Waals surface area contributed by atoms with Crippen LogP contribution < -0.4 is 5.32 Å². The zero-order valence-electron chi connectivity index (χ0n) is 11.6. The maximum atomic E-state index is 13.7. The molecular formula is C15H18FNO4. The van der Waals surface area contributed by atoms with Gasteiger partial charge in [0.1, 0.15) is 5.82 Å². The van der Waals surface area contributed by atoms with Crippen LogP contribution in [0.15, 0.2) is 18.2 Å². The molecule has 0 aromatic heterocycles. The molecule has 1 aromatic carbocycles. The number of benzene rings is 1. The standard InChI is InChI=1S/C15H18FNO4/c16-12-9-11(15(19)20)2-3-13(12)17-14(18)4-1-10-5-7-21-8-6-10/h2-3,9-10H,1,4-8H2,(H,17,18)(H,19,20). The zero-order chi connectivity index (χ0) is 15.2. The molecule has 0 bridgehead atoms. The first-order valence-electron chi connectivity index (χ1n) is 6.96. The summed E-state index contributed by atoms with van der Waals surface area (Å²) in [6.45, 7) is 1.47. The fraction of sp³-hybridized carbons (Fsp3) is 0.467. The molecule has 0 atom stereocenters. The number of amides is 1. The molecule has 0 saturated carbocycles. The molecule has 0 spiro atoms. The summed E-state index contributed by atoms with van der Waals surface area (Å²) in [5.41, 5.74) is -0.135. The Balaban J connectivity index is 1.85. The molecule has 1 amide bonds. The van der Waals surface area contributed by atoms with Crippen LogP contribution in [0.25, 0.3) is 0 Å². The number of carbonyl (C=O) groups excluding carboxylic acids is 1. The fourth-order valence-corrected chi connectivity index (χ4v) is 2.33. The Kier molecular flexibility index (Phi) is 5.27. The van der Waals surface area contributed by atoms with Crippen molar-refractivity contribution in [3.8, 4) is 0 Å². The van der Waals surface area contributed by atoms with Crippen LogP contribution in [0.4, 0.5) is 10.1 Å². The molecule has 6 heteroatoms. The van der Waals surface area contributed by atoms with E-state index in [0.717, 1.165) is 38.5 Å². The minimum Gasteiger partial charge on any atom is -0.478 e. The van der Waals surface area contributed by atoms with Crippen LogP contribution in [0.5, 0.6) is 0 Å². The second-order valence-corrected chi connectivity index (χ2v) is 5.14. The number of aromatic carboxylic acids is 1. The summed E-state index contributed by atoms with van der Waals surface area (Å²) in [6, 6.07) is 3.43. The molecular weight excluding hydrogens is 277 g/mol. The van der Waals surface area contributed by atoms with Crippen molar-refractivity contribution in [1.82, 2.24) is 0 Å². The molecule has 1 aromatic rings. The molecule has 2 N–H and O–H groups in total. The van der Waals surface area contributed by atoms with Gasteiger partial charge in [-0.15, -0.1) is 0 Å². The smallest absolute Gasteiger partial charge is 0.335 e. The summed E-state index contributed by atoms with van der Waals surface area (Å²) >= 11 is 0. The molecule has 1 aliphatic rings. The van der Waals surface area contributed by atoms with Gasteiger partial charge in [-0.2, -0.15) is 0 Å². The Morgan fingerprint density at radius 2 is 2.05 bits per heavy atom. The Labute approximate surface area is 122 Å². The monoisotopic (exact) mass is 295 g/mol. The fourth-order valence-electron chi connectivity index (χ4n) is 2.33. The lowest BCUT2D eigenvalue weighted by atomic mass is 9.95. The van der Waals surface area contributed by atoms with Crippen molar-refractivity contribution in [3.05, 3.63) is 29.6 Å². The summed E-state index contributed by atoms with van der Waals surface area (Å²) in [7, 11) is 0. The van der Waals surface area contributed by atoms with E-state index in [1.165, 1.54) is 12.1 Å². The van der Waals surface area contributed by atoms with Gasteiger partial charge in [0.25, 0.3) is 0 Å². The Morgan fingerprint density at radius 1 is 1.33 bits per heavy atom. The highest BCUT2D eigenvalue weighted by Crippen LogP contribution is 2.21. The van der Waals surface area contributed by atoms with E-state index in [1.54, 1.807) is 0 Å². The van der Waals surface area contributed by atoms with Gasteiger partial charge >= 0.3 is 5.97 Å². The number of carboxylic acid groups (broad SMARTS) is 1. The van der Waals surface area contributed by atoms with Crippen LogP contribution >= 0.6 is 0 Å². The van der Waals surface area contributed by atoms with Gasteiger partial charge < -0.3 is 15.2 Å². The number of ether oxygens (including phenoxy) is 1. The Bertz CT molecular complexity index is 526. The van der Waals surface area contributed by atoms with E-state index in [9.17, 15) is 14.0 Å². The Morgan fingerprint density at radius 3 is 2.67 bits per heavy atom. The second-order valence-electron chi connectivity index (χ2n) is 5.14. The highest BCUT2D eigenvalue weighted by atomic mass is 19.1. The maximum Gasteiger partial charge on any atom is 0.335 e. The predicted octanol–water partition coefficient (Wildman–Crippen LogP) is 2.67. The minimum absolute atomic E-state index is 0.0111. The van der Waals surface area contributed by atoms with Crippen LogP contribution in [0.2, 0.25) is 0 Å². The average molecular weight is 295 g/mol. The van der Waals surface area contributed by atoms with Crippen molar-refractivity contribution >= 4 is 17.6 Å². The van der Waals surface area contributed by atoms with Gasteiger partial charge in [-0.05, 0) is 43.4 Å². The largest absolute Gasteiger partial charge is 0.478 e. The van der Waals surface area contributed by atoms with E-state index < -0.39 is 11.8 Å². The number of hydrogen-bond donors (Lipinski definition) is 2. The SMILES string of the molecule is O=C(CCC1CCOCC1)Nc1ccc(C(=O)O)cc1F. The van der Waals surface area contributed by atoms with E-state index in [0.29, 0.717) is 12.3 Å². The molecule has 2 rings (SSSR count). The van der Waals surface area contributed by atoms with Gasteiger partial charge in [0.2, 0.25) is 5.91 Å². The normalized spacial score (nSPS) is 15.7. The van der Waals surface area contributed by atoms with Crippen LogP contribution in [0, 0.1) is 11.7 Å². The summed E-state index contributed by atoms with van der Waals surface area (Å²) in [4.78, 5) is 22.5. The lowest BCUT2D eigenvalue weighted by Crippen LogP contribution is -2.19. The first-order chi connectivity index (χ1) is 10.1. The summed E-state index contributed by atoms with van der Waals surface area (Å²) in [5.74, 6) is -1.73. The van der Waals surface area contributed by atoms with E-state index in [4.69, 9.17) is 9.84 Å². The predicted molar refractivity (Wildman–Crippen MR) is 74.8 cm³/mol. The zero-order valence-corrected chi connectivity index (χ0v) is 11.6. The number of rotatable bonds is 5. The van der Waals surface area contributed by atoms with Gasteiger partial charge in [-0.3, -0.25) is 4.79 Å². The first-order valence-corrected chi connectivity index (χ1v) is 6.96. The molecule has 0 aliphatic carbocycles. The molecule has 1 aliphatic heterocycles. The maximum absolute atomic E-state index is 13.7. The van der Waals surface area contributed by atoms with Crippen LogP contribution in [0.1, 0.15) is 36.0 Å². The molecule has 5 nitrogen and oxygen atoms in total. The number of anilines is 1. The number of hydrogen-bond acceptors (Lipinski definition) is 3. The van der Waals surface area contributed by atoms with Gasteiger partial charge in [-0.1, -0.05) is 0 Å². The van der Waals surface area contributed by atoms with Crippen LogP contribution in [-0.2, 0) is 9.53 Å². The highest BCUT2D eigenvalue weighted by Gasteiger charge is 2.16. The molecule has 1 heterocycles. The van der Waals surface area contributed by atoms with Crippen LogP contribution in [-0.4, -0.2) is 30.2 Å². The third-order valence-corrected chi connectivity index (χ3v) is 3.61. The van der Waals surface area contributed by atoms with Gasteiger partial charge in [0.15, 0.2) is 0 Å². The quantitative estimate of drug-likeness (QED) is 0.875. The molecule has 114 valence electrons. The first kappa shape index (κ1) is 15.4. The summed E-state index contributed by atoms with van der Waals surface area (Å²) in [6.07, 6.45) is 2.98. The van der Waals surface area contributed by atoms with Crippen molar-refractivity contribution in [1.29, 1.82) is 0 Å². The number of carbonyl (C=O) groups is 2. The second kappa shape index (κ2) is 7.17. The topological polar surface area (TPSA) is 75.6 Å². The molecule has 1 fully saturated rings. The van der Waals surface area contributed by atoms with E-state index in [1.807, 2.05) is 0 Å². The summed E-state index contributed by atoms with van der Waals surface area (Å²) in [5, 5.41) is 11.2. The van der Waals surface area contributed by atoms with Crippen molar-refractivity contribution in [2.75, 3.05) is 18.5 Å². The van der Waals surface area contributed by atoms with Crippen molar-refractivity contribution in [2.24, 2.45) is 5.92 Å². The number of nitrogens with one attached hydrogen (secondary N) is 1. The van der Waals surface area contributed by atoms with Gasteiger partial charge in [0, 0.05) is 19.6 Å². The third-order valence-electron chi connectivity index (χ3n) is 3.61. The third kappa shape index (κ3) is 4.53. The van der Waals surface area contributed by atoms with Gasteiger partial charge in [-0.25, -0.2) is 9.18 Å². The van der Waals surface area contributed by atoms with Crippen molar-refractivity contribution in [3.63, 3.8) is 0 Å². The number of halogens is 1. The average Bonchev–Trinajstić information content (AvgIpc) is 2.48. The van der Waals surface area contributed by atoms with Gasteiger partial charge in [0.05, 0.1) is 11.3 Å². The summed E-state index contributed by atoms with van der Waals surface area (Å²) < 4.78 is 18.9. The van der Waals surface area contributed by atoms with Crippen LogP contribution in [0.3, 0.4) is 0 Å². The molecule has 0 radical (unpaired) electrons. The molecule has 0 unspecified atom stereocenters. The minimum atomic E-state index is -1.20. The lowest BCUT2D eigenvalue weighted by molar-refractivity contribution is -0.116. The lowest BCUT2D eigenvalue weighted by Gasteiger charge is -2.21. The molecule has 1 saturated heterocycles. The molecule has 21 heavy (non-hydrogen) atoms. The van der Waals surface area contributed by atoms with E-state index >= 15 is 0 Å².